The molecule has 2 heterocycles. The fourth-order valence-corrected chi connectivity index (χ4v) is 3.08. The van der Waals surface area contributed by atoms with E-state index in [1.807, 2.05) is 49.4 Å². The summed E-state index contributed by atoms with van der Waals surface area (Å²) in [7, 11) is 0. The number of nitrogens with one attached hydrogen (secondary N) is 1. The second-order valence-electron chi connectivity index (χ2n) is 6.34. The first-order valence-corrected chi connectivity index (χ1v) is 8.85. The number of aromatic nitrogens is 3. The van der Waals surface area contributed by atoms with Crippen molar-refractivity contribution in [2.75, 3.05) is 19.8 Å². The number of amides is 1. The first kappa shape index (κ1) is 18.1. The fourth-order valence-electron chi connectivity index (χ4n) is 3.08. The van der Waals surface area contributed by atoms with Gasteiger partial charge in [-0.25, -0.2) is 4.68 Å². The fraction of sp³-hybridized carbons (Fsp3) is 0.421. The third kappa shape index (κ3) is 3.62. The predicted molar refractivity (Wildman–Crippen MR) is 101 cm³/mol. The van der Waals surface area contributed by atoms with Crippen molar-refractivity contribution in [2.45, 2.75) is 33.7 Å². The second kappa shape index (κ2) is 7.70. The van der Waals surface area contributed by atoms with Crippen molar-refractivity contribution < 1.29 is 9.53 Å². The summed E-state index contributed by atoms with van der Waals surface area (Å²) < 4.78 is 8.30. The Labute approximate surface area is 151 Å². The van der Waals surface area contributed by atoms with Crippen LogP contribution in [0.3, 0.4) is 0 Å². The minimum Gasteiger partial charge on any atom is -0.382 e. The number of carbonyl (C=O) groups excluding carboxylic acids is 1. The van der Waals surface area contributed by atoms with Gasteiger partial charge in [-0.05, 0) is 45.4 Å². The molecule has 0 aliphatic rings. The van der Waals surface area contributed by atoms with Gasteiger partial charge in [0.2, 0.25) is 5.91 Å². The van der Waals surface area contributed by atoms with Gasteiger partial charge in [0.05, 0.1) is 5.52 Å². The van der Waals surface area contributed by atoms with E-state index in [2.05, 4.69) is 10.4 Å². The molecule has 1 aromatic carbocycles. The first-order chi connectivity index (χ1) is 12.5. The topological polar surface area (TPSA) is 77.6 Å². The molecule has 1 N–H and O–H groups in total. The standard InChI is InChI=1S/C19H24N4O3/c1-4-26-9-5-8-20-18(24)12-22-19(25)17-11-15-10-13(2)6-7-16(15)23(17)14(3)21-22/h6-7,10-11H,4-5,8-9,12H2,1-3H3,(H,20,24). The van der Waals surface area contributed by atoms with Crippen LogP contribution in [0.2, 0.25) is 0 Å². The van der Waals surface area contributed by atoms with E-state index in [4.69, 9.17) is 4.74 Å². The van der Waals surface area contributed by atoms with Crippen LogP contribution in [0, 0.1) is 13.8 Å². The number of aryl methyl sites for hydroxylation is 2. The molecule has 7 heteroatoms. The molecule has 0 fully saturated rings. The zero-order valence-corrected chi connectivity index (χ0v) is 15.4. The van der Waals surface area contributed by atoms with Crippen molar-refractivity contribution in [1.82, 2.24) is 19.5 Å². The Morgan fingerprint density at radius 3 is 2.81 bits per heavy atom. The predicted octanol–water partition coefficient (Wildman–Crippen LogP) is 1.81. The van der Waals surface area contributed by atoms with E-state index >= 15 is 0 Å². The Morgan fingerprint density at radius 2 is 2.04 bits per heavy atom. The lowest BCUT2D eigenvalue weighted by Crippen LogP contribution is -2.35. The molecule has 0 spiro atoms. The number of ether oxygens (including phenoxy) is 1. The minimum absolute atomic E-state index is 0.0919. The van der Waals surface area contributed by atoms with Crippen LogP contribution in [-0.2, 0) is 16.1 Å². The van der Waals surface area contributed by atoms with Crippen LogP contribution in [0.4, 0.5) is 0 Å². The van der Waals surface area contributed by atoms with Gasteiger partial charge in [-0.1, -0.05) is 11.6 Å². The minimum atomic E-state index is -0.270. The molecule has 0 aliphatic heterocycles. The zero-order valence-electron chi connectivity index (χ0n) is 15.4. The number of carbonyl (C=O) groups is 1. The molecule has 0 aliphatic carbocycles. The first-order valence-electron chi connectivity index (χ1n) is 8.85. The second-order valence-corrected chi connectivity index (χ2v) is 6.34. The van der Waals surface area contributed by atoms with Gasteiger partial charge in [-0.3, -0.25) is 14.0 Å². The van der Waals surface area contributed by atoms with Crippen LogP contribution < -0.4 is 10.9 Å². The number of hydrogen-bond acceptors (Lipinski definition) is 4. The molecule has 0 unspecified atom stereocenters. The average Bonchev–Trinajstić information content (AvgIpc) is 2.98. The molecule has 3 aromatic rings. The molecule has 7 nitrogen and oxygen atoms in total. The van der Waals surface area contributed by atoms with Gasteiger partial charge in [-0.2, -0.15) is 5.10 Å². The van der Waals surface area contributed by atoms with Crippen molar-refractivity contribution in [1.29, 1.82) is 0 Å². The van der Waals surface area contributed by atoms with Crippen molar-refractivity contribution >= 4 is 22.3 Å². The van der Waals surface area contributed by atoms with Gasteiger partial charge in [0, 0.05) is 25.1 Å². The molecule has 1 amide bonds. The summed E-state index contributed by atoms with van der Waals surface area (Å²) in [5.41, 5.74) is 2.34. The van der Waals surface area contributed by atoms with E-state index in [1.165, 1.54) is 4.68 Å². The molecule has 0 saturated heterocycles. The summed E-state index contributed by atoms with van der Waals surface area (Å²) >= 11 is 0. The summed E-state index contributed by atoms with van der Waals surface area (Å²) in [6, 6.07) is 7.89. The van der Waals surface area contributed by atoms with Crippen LogP contribution in [0.1, 0.15) is 24.7 Å². The Kier molecular flexibility index (Phi) is 5.37. The number of hydrogen-bond donors (Lipinski definition) is 1. The average molecular weight is 356 g/mol. The summed E-state index contributed by atoms with van der Waals surface area (Å²) in [6.45, 7) is 7.48. The highest BCUT2D eigenvalue weighted by atomic mass is 16.5. The zero-order chi connectivity index (χ0) is 18.7. The van der Waals surface area contributed by atoms with Crippen molar-refractivity contribution in [2.24, 2.45) is 0 Å². The van der Waals surface area contributed by atoms with E-state index < -0.39 is 0 Å². The molecule has 3 rings (SSSR count). The van der Waals surface area contributed by atoms with Crippen LogP contribution >= 0.6 is 0 Å². The third-order valence-corrected chi connectivity index (χ3v) is 4.28. The van der Waals surface area contributed by atoms with E-state index in [0.29, 0.717) is 31.1 Å². The van der Waals surface area contributed by atoms with Crippen molar-refractivity contribution in [3.05, 3.63) is 46.0 Å². The number of nitrogens with zero attached hydrogens (tertiary/aromatic N) is 3. The molecule has 2 aromatic heterocycles. The molecule has 138 valence electrons. The molecular formula is C19H24N4O3. The van der Waals surface area contributed by atoms with E-state index in [1.54, 1.807) is 0 Å². The highest BCUT2D eigenvalue weighted by Gasteiger charge is 2.14. The largest absolute Gasteiger partial charge is 0.382 e. The van der Waals surface area contributed by atoms with Crippen LogP contribution in [-0.4, -0.2) is 39.8 Å². The number of rotatable bonds is 7. The third-order valence-electron chi connectivity index (χ3n) is 4.28. The lowest BCUT2D eigenvalue weighted by molar-refractivity contribution is -0.121. The van der Waals surface area contributed by atoms with Gasteiger partial charge in [0.25, 0.3) is 5.56 Å². The Balaban J connectivity index is 1.84. The van der Waals surface area contributed by atoms with Crippen molar-refractivity contribution in [3.63, 3.8) is 0 Å². The molecule has 0 bridgehead atoms. The van der Waals surface area contributed by atoms with Gasteiger partial charge >= 0.3 is 0 Å². The highest BCUT2D eigenvalue weighted by Crippen LogP contribution is 2.20. The quantitative estimate of drug-likeness (QED) is 0.655. The number of benzene rings is 1. The van der Waals surface area contributed by atoms with Gasteiger partial charge in [0.1, 0.15) is 17.9 Å². The summed E-state index contributed by atoms with van der Waals surface area (Å²) in [5, 5.41) is 8.11. The van der Waals surface area contributed by atoms with Crippen LogP contribution in [0.15, 0.2) is 29.1 Å². The number of fused-ring (bicyclic) bond motifs is 3. The molecule has 26 heavy (non-hydrogen) atoms. The lowest BCUT2D eigenvalue weighted by Gasteiger charge is -2.09. The van der Waals surface area contributed by atoms with Gasteiger partial charge in [-0.15, -0.1) is 0 Å². The van der Waals surface area contributed by atoms with Crippen LogP contribution in [0.5, 0.6) is 0 Å². The molecule has 0 saturated carbocycles. The Hall–Kier alpha value is -2.67. The van der Waals surface area contributed by atoms with Crippen molar-refractivity contribution in [3.8, 4) is 0 Å². The molecule has 0 radical (unpaired) electrons. The SMILES string of the molecule is CCOCCCNC(=O)Cn1nc(C)n2c(cc3cc(C)ccc32)c1=O. The Morgan fingerprint density at radius 1 is 1.23 bits per heavy atom. The van der Waals surface area contributed by atoms with E-state index in [-0.39, 0.29) is 18.0 Å². The van der Waals surface area contributed by atoms with Gasteiger partial charge < -0.3 is 10.1 Å². The maximum absolute atomic E-state index is 12.8. The maximum Gasteiger partial charge on any atom is 0.291 e. The Bertz CT molecular complexity index is 1000. The molecular weight excluding hydrogens is 332 g/mol. The summed E-state index contributed by atoms with van der Waals surface area (Å²) in [4.78, 5) is 24.9. The lowest BCUT2D eigenvalue weighted by atomic mass is 10.2. The molecule has 0 atom stereocenters. The monoisotopic (exact) mass is 356 g/mol. The smallest absolute Gasteiger partial charge is 0.291 e. The van der Waals surface area contributed by atoms with E-state index in [0.717, 1.165) is 22.9 Å². The summed E-state index contributed by atoms with van der Waals surface area (Å²) in [6.07, 6.45) is 0.739. The van der Waals surface area contributed by atoms with Crippen LogP contribution in [0.25, 0.3) is 16.4 Å². The van der Waals surface area contributed by atoms with E-state index in [9.17, 15) is 9.59 Å². The highest BCUT2D eigenvalue weighted by molar-refractivity contribution is 5.87. The maximum atomic E-state index is 12.8. The van der Waals surface area contributed by atoms with Gasteiger partial charge in [0.15, 0.2) is 0 Å². The normalized spacial score (nSPS) is 11.3. The summed E-state index contributed by atoms with van der Waals surface area (Å²) in [5.74, 6) is 0.439.